The van der Waals surface area contributed by atoms with Crippen LogP contribution in [0.4, 0.5) is 5.69 Å². The van der Waals surface area contributed by atoms with Gasteiger partial charge in [-0.25, -0.2) is 9.59 Å². The zero-order valence-corrected chi connectivity index (χ0v) is 17.9. The molecule has 1 heterocycles. The third-order valence-electron chi connectivity index (χ3n) is 5.43. The third kappa shape index (κ3) is 4.51. The van der Waals surface area contributed by atoms with Gasteiger partial charge in [0.2, 0.25) is 5.91 Å². The number of amides is 1. The molecule has 1 aliphatic heterocycles. The molecule has 1 atom stereocenters. The minimum Gasteiger partial charge on any atom is -0.466 e. The fourth-order valence-corrected chi connectivity index (χ4v) is 3.76. The highest BCUT2D eigenvalue weighted by atomic mass is 16.6. The first-order chi connectivity index (χ1) is 15.3. The van der Waals surface area contributed by atoms with E-state index in [2.05, 4.69) is 4.74 Å². The van der Waals surface area contributed by atoms with Crippen molar-refractivity contribution in [3.05, 3.63) is 86.6 Å². The van der Waals surface area contributed by atoms with E-state index in [1.165, 1.54) is 37.3 Å². The van der Waals surface area contributed by atoms with Gasteiger partial charge in [0.25, 0.3) is 5.69 Å². The Balaban J connectivity index is 1.98. The summed E-state index contributed by atoms with van der Waals surface area (Å²) >= 11 is 0. The summed E-state index contributed by atoms with van der Waals surface area (Å²) < 4.78 is 9.64. The Morgan fingerprint density at radius 2 is 1.75 bits per heavy atom. The Labute approximate surface area is 184 Å². The molecule has 0 aromatic heterocycles. The van der Waals surface area contributed by atoms with Crippen molar-refractivity contribution in [2.45, 2.75) is 25.8 Å². The van der Waals surface area contributed by atoms with E-state index in [0.717, 1.165) is 5.56 Å². The number of nitro benzene ring substituents is 1. The molecule has 0 spiro atoms. The Morgan fingerprint density at radius 3 is 2.34 bits per heavy atom. The number of allylic oxidation sites excluding steroid dienone is 1. The maximum atomic E-state index is 13.0. The minimum atomic E-state index is -0.659. The van der Waals surface area contributed by atoms with Crippen LogP contribution in [-0.4, -0.2) is 41.9 Å². The first-order valence-corrected chi connectivity index (χ1v) is 9.77. The molecule has 0 bridgehead atoms. The molecule has 0 N–H and O–H groups in total. The lowest BCUT2D eigenvalue weighted by Crippen LogP contribution is -2.38. The number of methoxy groups -OCH3 is 2. The summed E-state index contributed by atoms with van der Waals surface area (Å²) in [6.07, 6.45) is -0.0385. The van der Waals surface area contributed by atoms with Crippen molar-refractivity contribution in [3.8, 4) is 0 Å². The Kier molecular flexibility index (Phi) is 6.67. The second-order valence-corrected chi connectivity index (χ2v) is 7.27. The van der Waals surface area contributed by atoms with Gasteiger partial charge in [0.1, 0.15) is 0 Å². The van der Waals surface area contributed by atoms with Crippen LogP contribution < -0.4 is 0 Å². The summed E-state index contributed by atoms with van der Waals surface area (Å²) in [6, 6.07) is 12.5. The second kappa shape index (κ2) is 9.42. The number of nitro groups is 1. The van der Waals surface area contributed by atoms with E-state index in [-0.39, 0.29) is 30.1 Å². The molecule has 0 fully saturated rings. The van der Waals surface area contributed by atoms with Crippen LogP contribution in [0.1, 0.15) is 40.7 Å². The highest BCUT2D eigenvalue weighted by Gasteiger charge is 2.37. The monoisotopic (exact) mass is 438 g/mol. The average molecular weight is 438 g/mol. The minimum absolute atomic E-state index is 0.0385. The standard InChI is InChI=1S/C23H22N2O7/c1-14-21(23(28)32-3)19(17-5-4-6-18(11-17)25(29)30)12-20(26)24(14)13-15-7-9-16(10-8-15)22(27)31-2/h4-11,19H,12-13H2,1-3H3. The lowest BCUT2D eigenvalue weighted by atomic mass is 9.83. The normalized spacial score (nSPS) is 16.0. The summed E-state index contributed by atoms with van der Waals surface area (Å²) in [5, 5.41) is 11.2. The molecule has 3 rings (SSSR count). The van der Waals surface area contributed by atoms with Gasteiger partial charge in [-0.15, -0.1) is 0 Å². The van der Waals surface area contributed by atoms with E-state index < -0.39 is 22.8 Å². The van der Waals surface area contributed by atoms with Crippen molar-refractivity contribution in [2.75, 3.05) is 14.2 Å². The summed E-state index contributed by atoms with van der Waals surface area (Å²) in [4.78, 5) is 49.4. The molecule has 1 unspecified atom stereocenters. The smallest absolute Gasteiger partial charge is 0.337 e. The maximum Gasteiger partial charge on any atom is 0.337 e. The van der Waals surface area contributed by atoms with Crippen LogP contribution in [0.25, 0.3) is 0 Å². The number of non-ortho nitro benzene ring substituents is 1. The molecule has 32 heavy (non-hydrogen) atoms. The average Bonchev–Trinajstić information content (AvgIpc) is 2.80. The largest absolute Gasteiger partial charge is 0.466 e. The van der Waals surface area contributed by atoms with Gasteiger partial charge in [-0.2, -0.15) is 0 Å². The predicted molar refractivity (Wildman–Crippen MR) is 114 cm³/mol. The van der Waals surface area contributed by atoms with E-state index in [0.29, 0.717) is 16.8 Å². The number of carbonyl (C=O) groups excluding carboxylic acids is 3. The van der Waals surface area contributed by atoms with Crippen molar-refractivity contribution in [3.63, 3.8) is 0 Å². The fourth-order valence-electron chi connectivity index (χ4n) is 3.76. The zero-order chi connectivity index (χ0) is 23.4. The molecule has 0 aliphatic carbocycles. The molecule has 1 amide bonds. The number of hydrogen-bond acceptors (Lipinski definition) is 7. The first-order valence-electron chi connectivity index (χ1n) is 9.77. The van der Waals surface area contributed by atoms with E-state index in [9.17, 15) is 24.5 Å². The van der Waals surface area contributed by atoms with E-state index >= 15 is 0 Å². The summed E-state index contributed by atoms with van der Waals surface area (Å²) in [5.74, 6) is -1.96. The third-order valence-corrected chi connectivity index (χ3v) is 5.43. The number of esters is 2. The number of carbonyl (C=O) groups is 3. The van der Waals surface area contributed by atoms with Crippen molar-refractivity contribution in [2.24, 2.45) is 0 Å². The molecule has 0 radical (unpaired) electrons. The fraction of sp³-hybridized carbons (Fsp3) is 0.261. The van der Waals surface area contributed by atoms with Crippen LogP contribution in [0.15, 0.2) is 59.8 Å². The summed E-state index contributed by atoms with van der Waals surface area (Å²) in [7, 11) is 2.54. The lowest BCUT2D eigenvalue weighted by molar-refractivity contribution is -0.384. The molecule has 1 aliphatic rings. The van der Waals surface area contributed by atoms with Crippen LogP contribution in [0.3, 0.4) is 0 Å². The maximum absolute atomic E-state index is 13.0. The van der Waals surface area contributed by atoms with Gasteiger partial charge < -0.3 is 14.4 Å². The van der Waals surface area contributed by atoms with Crippen molar-refractivity contribution in [1.29, 1.82) is 0 Å². The number of benzene rings is 2. The predicted octanol–water partition coefficient (Wildman–Crippen LogP) is 3.34. The van der Waals surface area contributed by atoms with Gasteiger partial charge in [-0.05, 0) is 30.2 Å². The Morgan fingerprint density at radius 1 is 1.09 bits per heavy atom. The van der Waals surface area contributed by atoms with Crippen molar-refractivity contribution < 1.29 is 28.8 Å². The van der Waals surface area contributed by atoms with Gasteiger partial charge in [-0.1, -0.05) is 24.3 Å². The van der Waals surface area contributed by atoms with E-state index in [1.54, 1.807) is 37.3 Å². The quantitative estimate of drug-likeness (QED) is 0.386. The van der Waals surface area contributed by atoms with Crippen LogP contribution in [-0.2, 0) is 25.6 Å². The molecular formula is C23H22N2O7. The summed E-state index contributed by atoms with van der Waals surface area (Å²) in [6.45, 7) is 1.84. The van der Waals surface area contributed by atoms with Gasteiger partial charge in [0.15, 0.2) is 0 Å². The molecule has 9 nitrogen and oxygen atoms in total. The summed E-state index contributed by atoms with van der Waals surface area (Å²) in [5.41, 5.74) is 2.21. The van der Waals surface area contributed by atoms with Gasteiger partial charge in [0, 0.05) is 30.2 Å². The molecule has 2 aromatic carbocycles. The molecule has 0 saturated heterocycles. The molecule has 2 aromatic rings. The highest BCUT2D eigenvalue weighted by molar-refractivity contribution is 5.96. The van der Waals surface area contributed by atoms with Crippen LogP contribution in [0.5, 0.6) is 0 Å². The van der Waals surface area contributed by atoms with Gasteiger partial charge in [0.05, 0.1) is 36.8 Å². The number of rotatable bonds is 6. The Bertz CT molecular complexity index is 1110. The topological polar surface area (TPSA) is 116 Å². The highest BCUT2D eigenvalue weighted by Crippen LogP contribution is 2.38. The number of ether oxygens (including phenoxy) is 2. The Hall–Kier alpha value is -4.01. The molecule has 166 valence electrons. The first kappa shape index (κ1) is 22.7. The number of nitrogens with zero attached hydrogens (tertiary/aromatic N) is 2. The van der Waals surface area contributed by atoms with Crippen LogP contribution >= 0.6 is 0 Å². The van der Waals surface area contributed by atoms with E-state index in [4.69, 9.17) is 4.74 Å². The van der Waals surface area contributed by atoms with Gasteiger partial charge >= 0.3 is 11.9 Å². The molecule has 9 heteroatoms. The van der Waals surface area contributed by atoms with Crippen molar-refractivity contribution >= 4 is 23.5 Å². The second-order valence-electron chi connectivity index (χ2n) is 7.27. The lowest BCUT2D eigenvalue weighted by Gasteiger charge is -2.34. The number of hydrogen-bond donors (Lipinski definition) is 0. The van der Waals surface area contributed by atoms with Crippen LogP contribution in [0, 0.1) is 10.1 Å². The van der Waals surface area contributed by atoms with Crippen molar-refractivity contribution in [1.82, 2.24) is 4.90 Å². The SMILES string of the molecule is COC(=O)C1=C(C)N(Cc2ccc(C(=O)OC)cc2)C(=O)CC1c1cccc([N+](=O)[O-])c1. The van der Waals surface area contributed by atoms with E-state index in [1.807, 2.05) is 0 Å². The van der Waals surface area contributed by atoms with Gasteiger partial charge in [-0.3, -0.25) is 14.9 Å². The van der Waals surface area contributed by atoms with Crippen LogP contribution in [0.2, 0.25) is 0 Å². The molecule has 0 saturated carbocycles. The zero-order valence-electron chi connectivity index (χ0n) is 17.9. The molecular weight excluding hydrogens is 416 g/mol.